The Morgan fingerprint density at radius 1 is 1.39 bits per heavy atom. The number of carbonyl (C=O) groups is 2. The quantitative estimate of drug-likeness (QED) is 0.162. The monoisotopic (exact) mass is 527 g/mol. The van der Waals surface area contributed by atoms with Crippen LogP contribution in [0.15, 0.2) is 11.1 Å². The fraction of sp³-hybridized carbons (Fsp3) is 0.667. The van der Waals surface area contributed by atoms with Crippen molar-refractivity contribution < 1.29 is 28.4 Å². The second kappa shape index (κ2) is 11.1. The number of rotatable bonds is 13. The number of ether oxygens (including phenoxy) is 3. The van der Waals surface area contributed by atoms with Crippen LogP contribution in [0.4, 0.5) is 5.95 Å². The SMILES string of the molecule is CCOC(=O)C1(C)CC1NP(=O)(COCCn1cnc2c(=O)[nH]c(N)nc21)N[C@@H](C)C(=O)OC(C)C. The van der Waals surface area contributed by atoms with E-state index in [1.54, 1.807) is 39.2 Å². The number of hydrogen-bond donors (Lipinski definition) is 4. The van der Waals surface area contributed by atoms with Crippen molar-refractivity contribution in [3.63, 3.8) is 0 Å². The lowest BCUT2D eigenvalue weighted by atomic mass is 10.1. The minimum Gasteiger partial charge on any atom is -0.466 e. The van der Waals surface area contributed by atoms with E-state index in [-0.39, 0.29) is 49.6 Å². The minimum atomic E-state index is -3.52. The summed E-state index contributed by atoms with van der Waals surface area (Å²) in [5.41, 5.74) is 4.79. The van der Waals surface area contributed by atoms with Gasteiger partial charge < -0.3 is 24.5 Å². The lowest BCUT2D eigenvalue weighted by molar-refractivity contribution is -0.150. The summed E-state index contributed by atoms with van der Waals surface area (Å²) in [7, 11) is -3.52. The molecule has 4 atom stereocenters. The number of aromatic amines is 1. The van der Waals surface area contributed by atoms with Gasteiger partial charge in [0.25, 0.3) is 5.56 Å². The normalized spacial score (nSPS) is 21.8. The number of aromatic nitrogens is 4. The van der Waals surface area contributed by atoms with Gasteiger partial charge in [0.2, 0.25) is 13.4 Å². The summed E-state index contributed by atoms with van der Waals surface area (Å²) in [5.74, 6) is -0.977. The molecule has 3 rings (SSSR count). The molecular formula is C21H34N7O7P. The van der Waals surface area contributed by atoms with E-state index in [9.17, 15) is 18.9 Å². The highest BCUT2D eigenvalue weighted by molar-refractivity contribution is 7.59. The van der Waals surface area contributed by atoms with E-state index in [2.05, 4.69) is 25.1 Å². The molecule has 15 heteroatoms. The molecule has 1 aliphatic rings. The molecule has 0 bridgehead atoms. The standard InChI is InChI=1S/C21H34N7O7P/c1-6-34-19(31)21(5)9-14(21)27-36(32,26-13(4)18(30)35-12(2)3)11-33-8-7-28-10-23-15-16(28)24-20(22)25-17(15)29/h10,12-14H,6-9,11H2,1-5H3,(H2,26,27,32)(H3,22,24,25,29)/t13-,14?,21?,36?/m0/s1. The number of fused-ring (bicyclic) bond motifs is 1. The van der Waals surface area contributed by atoms with E-state index in [1.165, 1.54) is 6.33 Å². The zero-order chi connectivity index (χ0) is 26.7. The predicted molar refractivity (Wildman–Crippen MR) is 131 cm³/mol. The van der Waals surface area contributed by atoms with E-state index in [0.29, 0.717) is 12.1 Å². The Bertz CT molecular complexity index is 1210. The first-order valence-electron chi connectivity index (χ1n) is 11.7. The highest BCUT2D eigenvalue weighted by Gasteiger charge is 2.59. The van der Waals surface area contributed by atoms with Crippen molar-refractivity contribution in [2.24, 2.45) is 5.41 Å². The fourth-order valence-corrected chi connectivity index (χ4v) is 5.85. The molecule has 14 nitrogen and oxygen atoms in total. The summed E-state index contributed by atoms with van der Waals surface area (Å²) in [5, 5.41) is 5.81. The first-order chi connectivity index (χ1) is 16.9. The topological polar surface area (TPSA) is 193 Å². The number of imidazole rings is 1. The van der Waals surface area contributed by atoms with Crippen molar-refractivity contribution in [1.29, 1.82) is 0 Å². The molecule has 0 spiro atoms. The van der Waals surface area contributed by atoms with Crippen LogP contribution in [0.1, 0.15) is 41.0 Å². The molecule has 5 N–H and O–H groups in total. The average Bonchev–Trinajstić information content (AvgIpc) is 3.24. The van der Waals surface area contributed by atoms with E-state index < -0.39 is 36.5 Å². The smallest absolute Gasteiger partial charge is 0.323 e. The third-order valence-electron chi connectivity index (χ3n) is 5.69. The van der Waals surface area contributed by atoms with Crippen LogP contribution in [0.2, 0.25) is 0 Å². The number of nitrogens with two attached hydrogens (primary N) is 1. The average molecular weight is 528 g/mol. The zero-order valence-electron chi connectivity index (χ0n) is 21.1. The van der Waals surface area contributed by atoms with Gasteiger partial charge in [-0.05, 0) is 41.0 Å². The van der Waals surface area contributed by atoms with Gasteiger partial charge in [-0.25, -0.2) is 15.2 Å². The van der Waals surface area contributed by atoms with Gasteiger partial charge in [0.1, 0.15) is 12.4 Å². The number of esters is 2. The molecule has 2 heterocycles. The van der Waals surface area contributed by atoms with Crippen molar-refractivity contribution in [3.8, 4) is 0 Å². The van der Waals surface area contributed by atoms with Crippen LogP contribution in [-0.4, -0.2) is 69.2 Å². The third-order valence-corrected chi connectivity index (χ3v) is 7.77. The summed E-state index contributed by atoms with van der Waals surface area (Å²) in [6.07, 6.45) is 1.26. The van der Waals surface area contributed by atoms with Crippen LogP contribution in [0, 0.1) is 5.41 Å². The largest absolute Gasteiger partial charge is 0.466 e. The summed E-state index contributed by atoms with van der Waals surface area (Å²) >= 11 is 0. The molecule has 2 aromatic heterocycles. The first kappa shape index (κ1) is 27.8. The van der Waals surface area contributed by atoms with Crippen LogP contribution in [-0.2, 0) is 34.9 Å². The second-order valence-electron chi connectivity index (χ2n) is 9.20. The molecule has 0 aromatic carbocycles. The summed E-state index contributed by atoms with van der Waals surface area (Å²) in [6.45, 7) is 9.02. The van der Waals surface area contributed by atoms with E-state index in [4.69, 9.17) is 19.9 Å². The Kier molecular flexibility index (Phi) is 8.55. The fourth-order valence-electron chi connectivity index (χ4n) is 3.63. The zero-order valence-corrected chi connectivity index (χ0v) is 22.0. The van der Waals surface area contributed by atoms with Crippen molar-refractivity contribution in [3.05, 3.63) is 16.7 Å². The lowest BCUT2D eigenvalue weighted by Gasteiger charge is -2.25. The van der Waals surface area contributed by atoms with Gasteiger partial charge in [-0.1, -0.05) is 0 Å². The Hall–Kier alpha value is -2.80. The van der Waals surface area contributed by atoms with E-state index >= 15 is 0 Å². The number of nitrogen functional groups attached to an aromatic ring is 1. The molecule has 3 unspecified atom stereocenters. The van der Waals surface area contributed by atoms with Gasteiger partial charge in [0, 0.05) is 12.6 Å². The Morgan fingerprint density at radius 3 is 2.78 bits per heavy atom. The maximum atomic E-state index is 13.8. The maximum absolute atomic E-state index is 13.8. The third kappa shape index (κ3) is 6.49. The highest BCUT2D eigenvalue weighted by atomic mass is 31.2. The first-order valence-corrected chi connectivity index (χ1v) is 13.6. The Labute approximate surface area is 208 Å². The van der Waals surface area contributed by atoms with Crippen LogP contribution < -0.4 is 21.5 Å². The summed E-state index contributed by atoms with van der Waals surface area (Å²) in [6, 6.07) is -1.30. The van der Waals surface area contributed by atoms with Crippen LogP contribution in [0.5, 0.6) is 0 Å². The van der Waals surface area contributed by atoms with Gasteiger partial charge in [-0.2, -0.15) is 4.98 Å². The molecule has 1 fully saturated rings. The number of H-pyrrole nitrogens is 1. The number of anilines is 1. The molecule has 200 valence electrons. The van der Waals surface area contributed by atoms with Gasteiger partial charge in [0.05, 0.1) is 31.1 Å². The maximum Gasteiger partial charge on any atom is 0.323 e. The number of carbonyl (C=O) groups excluding carboxylic acids is 2. The predicted octanol–water partition coefficient (Wildman–Crippen LogP) is 0.730. The van der Waals surface area contributed by atoms with Crippen molar-refractivity contribution >= 4 is 36.5 Å². The minimum absolute atomic E-state index is 0.0376. The second-order valence-corrected chi connectivity index (χ2v) is 11.5. The molecule has 1 aliphatic carbocycles. The van der Waals surface area contributed by atoms with Crippen LogP contribution in [0.3, 0.4) is 0 Å². The van der Waals surface area contributed by atoms with Gasteiger partial charge in [-0.3, -0.25) is 23.9 Å². The summed E-state index contributed by atoms with van der Waals surface area (Å²) in [4.78, 5) is 47.1. The van der Waals surface area contributed by atoms with E-state index in [1.807, 2.05) is 0 Å². The molecule has 0 saturated heterocycles. The number of nitrogens with zero attached hydrogens (tertiary/aromatic N) is 3. The van der Waals surface area contributed by atoms with E-state index in [0.717, 1.165) is 0 Å². The Morgan fingerprint density at radius 2 is 2.11 bits per heavy atom. The van der Waals surface area contributed by atoms with Crippen molar-refractivity contribution in [1.82, 2.24) is 29.7 Å². The molecule has 0 aliphatic heterocycles. The van der Waals surface area contributed by atoms with Gasteiger partial charge >= 0.3 is 11.9 Å². The summed E-state index contributed by atoms with van der Waals surface area (Å²) < 4.78 is 31.4. The lowest BCUT2D eigenvalue weighted by Crippen LogP contribution is -2.40. The highest BCUT2D eigenvalue weighted by Crippen LogP contribution is 2.52. The molecule has 0 radical (unpaired) electrons. The van der Waals surface area contributed by atoms with Crippen molar-refractivity contribution in [2.45, 2.75) is 65.8 Å². The van der Waals surface area contributed by atoms with Crippen LogP contribution in [0.25, 0.3) is 11.2 Å². The Balaban J connectivity index is 1.66. The molecule has 2 aromatic rings. The van der Waals surface area contributed by atoms with Crippen molar-refractivity contribution in [2.75, 3.05) is 25.3 Å². The molecule has 36 heavy (non-hydrogen) atoms. The van der Waals surface area contributed by atoms with Gasteiger partial charge in [0.15, 0.2) is 11.2 Å². The molecule has 0 amide bonds. The van der Waals surface area contributed by atoms with Gasteiger partial charge in [-0.15, -0.1) is 0 Å². The number of hydrogen-bond acceptors (Lipinski definition) is 10. The molecule has 1 saturated carbocycles. The van der Waals surface area contributed by atoms with Crippen LogP contribution >= 0.6 is 7.44 Å². The number of nitrogens with one attached hydrogen (secondary N) is 3. The molecular weight excluding hydrogens is 493 g/mol.